The zero-order chi connectivity index (χ0) is 13.6. The van der Waals surface area contributed by atoms with Crippen molar-refractivity contribution < 1.29 is 4.74 Å². The zero-order valence-corrected chi connectivity index (χ0v) is 12.4. The number of halogens is 2. The van der Waals surface area contributed by atoms with E-state index in [-0.39, 0.29) is 5.38 Å². The predicted molar refractivity (Wildman–Crippen MR) is 78.1 cm³/mol. The molecule has 19 heavy (non-hydrogen) atoms. The SMILES string of the molecule is COC1CC(n2c(C(C)Cl)nc3c(Cl)cccc32)C1. The molecule has 0 N–H and O–H groups in total. The van der Waals surface area contributed by atoms with Crippen molar-refractivity contribution in [2.24, 2.45) is 0 Å². The number of hydrogen-bond donors (Lipinski definition) is 0. The van der Waals surface area contributed by atoms with Gasteiger partial charge in [-0.05, 0) is 31.9 Å². The lowest BCUT2D eigenvalue weighted by atomic mass is 9.88. The minimum absolute atomic E-state index is 0.134. The molecule has 3 rings (SSSR count). The number of fused-ring (bicyclic) bond motifs is 1. The van der Waals surface area contributed by atoms with Crippen LogP contribution in [0, 0.1) is 0 Å². The molecule has 0 bridgehead atoms. The Bertz CT molecular complexity index is 603. The number of methoxy groups -OCH3 is 1. The topological polar surface area (TPSA) is 27.1 Å². The van der Waals surface area contributed by atoms with Gasteiger partial charge in [0.05, 0.1) is 22.0 Å². The molecule has 1 aliphatic rings. The van der Waals surface area contributed by atoms with Crippen LogP contribution in [-0.4, -0.2) is 22.8 Å². The first kappa shape index (κ1) is 13.2. The second kappa shape index (κ2) is 4.97. The number of imidazole rings is 1. The summed E-state index contributed by atoms with van der Waals surface area (Å²) < 4.78 is 7.59. The summed E-state index contributed by atoms with van der Waals surface area (Å²) in [6, 6.07) is 6.28. The molecule has 0 amide bonds. The molecule has 1 saturated carbocycles. The van der Waals surface area contributed by atoms with Crippen LogP contribution >= 0.6 is 23.2 Å². The van der Waals surface area contributed by atoms with E-state index in [1.807, 2.05) is 19.1 Å². The van der Waals surface area contributed by atoms with Gasteiger partial charge >= 0.3 is 0 Å². The predicted octanol–water partition coefficient (Wildman–Crippen LogP) is 4.34. The Kier molecular flexibility index (Phi) is 3.46. The fourth-order valence-corrected chi connectivity index (χ4v) is 3.07. The number of ether oxygens (including phenoxy) is 1. The molecule has 2 aromatic rings. The monoisotopic (exact) mass is 298 g/mol. The molecule has 1 atom stereocenters. The van der Waals surface area contributed by atoms with Crippen molar-refractivity contribution in [2.45, 2.75) is 37.3 Å². The molecule has 0 radical (unpaired) electrons. The molecule has 1 unspecified atom stereocenters. The van der Waals surface area contributed by atoms with Gasteiger partial charge in [0.1, 0.15) is 11.3 Å². The van der Waals surface area contributed by atoms with Crippen LogP contribution in [0.4, 0.5) is 0 Å². The first-order valence-electron chi connectivity index (χ1n) is 6.45. The summed E-state index contributed by atoms with van der Waals surface area (Å²) in [5.41, 5.74) is 1.90. The van der Waals surface area contributed by atoms with Gasteiger partial charge in [-0.1, -0.05) is 17.7 Å². The van der Waals surface area contributed by atoms with Crippen LogP contribution in [0.25, 0.3) is 11.0 Å². The summed E-state index contributed by atoms with van der Waals surface area (Å²) >= 11 is 12.5. The number of aromatic nitrogens is 2. The molecule has 102 valence electrons. The lowest BCUT2D eigenvalue weighted by Crippen LogP contribution is -2.33. The van der Waals surface area contributed by atoms with E-state index in [4.69, 9.17) is 27.9 Å². The van der Waals surface area contributed by atoms with E-state index >= 15 is 0 Å². The van der Waals surface area contributed by atoms with Crippen LogP contribution in [0.3, 0.4) is 0 Å². The van der Waals surface area contributed by atoms with Crippen molar-refractivity contribution in [3.05, 3.63) is 29.0 Å². The Morgan fingerprint density at radius 1 is 1.42 bits per heavy atom. The summed E-state index contributed by atoms with van der Waals surface area (Å²) in [6.07, 6.45) is 2.36. The third kappa shape index (κ3) is 2.14. The molecule has 5 heteroatoms. The lowest BCUT2D eigenvalue weighted by molar-refractivity contribution is 0.00658. The molecule has 3 nitrogen and oxygen atoms in total. The van der Waals surface area contributed by atoms with Gasteiger partial charge in [0, 0.05) is 13.2 Å². The smallest absolute Gasteiger partial charge is 0.128 e. The van der Waals surface area contributed by atoms with Gasteiger partial charge in [-0.3, -0.25) is 0 Å². The summed E-state index contributed by atoms with van der Waals surface area (Å²) in [4.78, 5) is 4.62. The summed E-state index contributed by atoms with van der Waals surface area (Å²) in [7, 11) is 1.76. The van der Waals surface area contributed by atoms with Gasteiger partial charge in [-0.2, -0.15) is 0 Å². The largest absolute Gasteiger partial charge is 0.381 e. The van der Waals surface area contributed by atoms with Gasteiger partial charge < -0.3 is 9.30 Å². The van der Waals surface area contributed by atoms with E-state index in [1.54, 1.807) is 7.11 Å². The minimum atomic E-state index is -0.134. The summed E-state index contributed by atoms with van der Waals surface area (Å²) in [6.45, 7) is 1.94. The maximum atomic E-state index is 6.27. The van der Waals surface area contributed by atoms with Gasteiger partial charge in [0.15, 0.2) is 0 Å². The van der Waals surface area contributed by atoms with Crippen LogP contribution in [-0.2, 0) is 4.74 Å². The number of alkyl halides is 1. The minimum Gasteiger partial charge on any atom is -0.381 e. The first-order valence-corrected chi connectivity index (χ1v) is 7.26. The average molecular weight is 299 g/mol. The van der Waals surface area contributed by atoms with Crippen LogP contribution in [0.5, 0.6) is 0 Å². The van der Waals surface area contributed by atoms with E-state index < -0.39 is 0 Å². The molecule has 1 aliphatic carbocycles. The zero-order valence-electron chi connectivity index (χ0n) is 10.9. The van der Waals surface area contributed by atoms with Gasteiger partial charge in [-0.15, -0.1) is 11.6 Å². The molecular formula is C14H16Cl2N2O. The number of benzene rings is 1. The molecule has 0 saturated heterocycles. The maximum absolute atomic E-state index is 6.27. The van der Waals surface area contributed by atoms with Crippen LogP contribution in [0.2, 0.25) is 5.02 Å². The van der Waals surface area contributed by atoms with E-state index in [0.29, 0.717) is 17.2 Å². The second-order valence-electron chi connectivity index (χ2n) is 5.05. The third-order valence-corrected chi connectivity index (χ3v) is 4.32. The molecule has 1 heterocycles. The normalized spacial score (nSPS) is 24.4. The van der Waals surface area contributed by atoms with Crippen molar-refractivity contribution in [3.63, 3.8) is 0 Å². The molecule has 1 aromatic heterocycles. The molecule has 0 spiro atoms. The summed E-state index contributed by atoms with van der Waals surface area (Å²) in [5, 5.41) is 0.544. The Labute approximate surface area is 122 Å². The van der Waals surface area contributed by atoms with Crippen LogP contribution in [0.1, 0.15) is 37.0 Å². The highest BCUT2D eigenvalue weighted by molar-refractivity contribution is 6.35. The number of nitrogens with zero attached hydrogens (tertiary/aromatic N) is 2. The maximum Gasteiger partial charge on any atom is 0.128 e. The Morgan fingerprint density at radius 2 is 2.16 bits per heavy atom. The highest BCUT2D eigenvalue weighted by Gasteiger charge is 2.33. The number of hydrogen-bond acceptors (Lipinski definition) is 2. The van der Waals surface area contributed by atoms with Crippen molar-refractivity contribution in [3.8, 4) is 0 Å². The Balaban J connectivity index is 2.10. The van der Waals surface area contributed by atoms with Crippen molar-refractivity contribution in [1.82, 2.24) is 9.55 Å². The van der Waals surface area contributed by atoms with Crippen molar-refractivity contribution in [2.75, 3.05) is 7.11 Å². The highest BCUT2D eigenvalue weighted by atomic mass is 35.5. The number of rotatable bonds is 3. The molecule has 0 aliphatic heterocycles. The molecule has 1 aromatic carbocycles. The van der Waals surface area contributed by atoms with Gasteiger partial charge in [0.25, 0.3) is 0 Å². The standard InChI is InChI=1S/C14H16Cl2N2O/c1-8(15)14-17-13-11(16)4-3-5-12(13)18(14)9-6-10(7-9)19-2/h3-5,8-10H,6-7H2,1-2H3. The Hall–Kier alpha value is -0.770. The highest BCUT2D eigenvalue weighted by Crippen LogP contribution is 2.40. The van der Waals surface area contributed by atoms with Crippen LogP contribution in [0.15, 0.2) is 18.2 Å². The van der Waals surface area contributed by atoms with E-state index in [2.05, 4.69) is 15.6 Å². The average Bonchev–Trinajstić information content (AvgIpc) is 2.69. The van der Waals surface area contributed by atoms with E-state index in [0.717, 1.165) is 29.7 Å². The van der Waals surface area contributed by atoms with Crippen molar-refractivity contribution >= 4 is 34.2 Å². The second-order valence-corrected chi connectivity index (χ2v) is 6.11. The van der Waals surface area contributed by atoms with Gasteiger partial charge in [0.2, 0.25) is 0 Å². The van der Waals surface area contributed by atoms with Crippen molar-refractivity contribution in [1.29, 1.82) is 0 Å². The Morgan fingerprint density at radius 3 is 2.79 bits per heavy atom. The summed E-state index contributed by atoms with van der Waals surface area (Å²) in [5.74, 6) is 0.893. The fraction of sp³-hybridized carbons (Fsp3) is 0.500. The quantitative estimate of drug-likeness (QED) is 0.788. The third-order valence-electron chi connectivity index (χ3n) is 3.82. The lowest BCUT2D eigenvalue weighted by Gasteiger charge is -2.36. The van der Waals surface area contributed by atoms with Crippen LogP contribution < -0.4 is 0 Å². The first-order chi connectivity index (χ1) is 9.11. The molecular weight excluding hydrogens is 283 g/mol. The molecule has 1 fully saturated rings. The van der Waals surface area contributed by atoms with Gasteiger partial charge in [-0.25, -0.2) is 4.98 Å². The van der Waals surface area contributed by atoms with E-state index in [9.17, 15) is 0 Å². The fourth-order valence-electron chi connectivity index (χ4n) is 2.71. The number of para-hydroxylation sites is 1. The van der Waals surface area contributed by atoms with E-state index in [1.165, 1.54) is 0 Å².